The molecule has 1 unspecified atom stereocenters. The van der Waals surface area contributed by atoms with Gasteiger partial charge in [0.25, 0.3) is 0 Å². The van der Waals surface area contributed by atoms with Crippen LogP contribution < -0.4 is 10.1 Å². The van der Waals surface area contributed by atoms with Crippen LogP contribution >= 0.6 is 0 Å². The van der Waals surface area contributed by atoms with Gasteiger partial charge < -0.3 is 10.1 Å². The van der Waals surface area contributed by atoms with Crippen molar-refractivity contribution in [3.63, 3.8) is 0 Å². The monoisotopic (exact) mass is 273 g/mol. The summed E-state index contributed by atoms with van der Waals surface area (Å²) in [7, 11) is 3.49. The summed E-state index contributed by atoms with van der Waals surface area (Å²) < 4.78 is 19.5. The van der Waals surface area contributed by atoms with E-state index in [0.29, 0.717) is 11.3 Å². The highest BCUT2D eigenvalue weighted by molar-refractivity contribution is 5.72. The molecule has 106 valence electrons. The molecule has 2 aromatic rings. The molecule has 20 heavy (non-hydrogen) atoms. The van der Waals surface area contributed by atoms with E-state index in [4.69, 9.17) is 4.74 Å². The van der Waals surface area contributed by atoms with Crippen LogP contribution in [0.15, 0.2) is 36.4 Å². The number of halogens is 1. The Labute approximate surface area is 119 Å². The van der Waals surface area contributed by atoms with E-state index in [1.165, 1.54) is 6.07 Å². The maximum atomic E-state index is 14.2. The van der Waals surface area contributed by atoms with Crippen LogP contribution in [0.4, 0.5) is 4.39 Å². The number of rotatable bonds is 4. The standard InChI is InChI=1S/C17H20FNO/c1-11-5-8-17(20-4)15(9-11)14-10-13(12(2)19-3)6-7-16(14)18/h5-10,12,19H,1-4H3. The highest BCUT2D eigenvalue weighted by Crippen LogP contribution is 2.34. The predicted octanol–water partition coefficient (Wildman–Crippen LogP) is 4.09. The van der Waals surface area contributed by atoms with Gasteiger partial charge in [-0.25, -0.2) is 4.39 Å². The number of aryl methyl sites for hydroxylation is 1. The Morgan fingerprint density at radius 2 is 1.85 bits per heavy atom. The van der Waals surface area contributed by atoms with Crippen molar-refractivity contribution >= 4 is 0 Å². The molecule has 0 bridgehead atoms. The lowest BCUT2D eigenvalue weighted by molar-refractivity contribution is 0.416. The summed E-state index contributed by atoms with van der Waals surface area (Å²) in [5.74, 6) is 0.449. The molecule has 0 radical (unpaired) electrons. The number of hydrogen-bond donors (Lipinski definition) is 1. The van der Waals surface area contributed by atoms with Gasteiger partial charge in [0.2, 0.25) is 0 Å². The molecule has 2 aromatic carbocycles. The van der Waals surface area contributed by atoms with Gasteiger partial charge >= 0.3 is 0 Å². The Hall–Kier alpha value is -1.87. The van der Waals surface area contributed by atoms with Gasteiger partial charge in [0.15, 0.2) is 0 Å². The fourth-order valence-corrected chi connectivity index (χ4v) is 2.22. The Bertz CT molecular complexity index is 610. The van der Waals surface area contributed by atoms with Gasteiger partial charge in [-0.05, 0) is 50.7 Å². The summed E-state index contributed by atoms with van der Waals surface area (Å²) in [5.41, 5.74) is 3.49. The molecule has 0 saturated carbocycles. The molecule has 2 nitrogen and oxygen atoms in total. The van der Waals surface area contributed by atoms with Crippen LogP contribution in [0.3, 0.4) is 0 Å². The third-order valence-corrected chi connectivity index (χ3v) is 3.57. The molecule has 0 fully saturated rings. The predicted molar refractivity (Wildman–Crippen MR) is 80.6 cm³/mol. The first-order valence-corrected chi connectivity index (χ1v) is 6.68. The second-order valence-electron chi connectivity index (χ2n) is 4.95. The molecule has 0 aliphatic heterocycles. The van der Waals surface area contributed by atoms with E-state index in [1.807, 2.05) is 51.2 Å². The maximum absolute atomic E-state index is 14.2. The molecule has 0 heterocycles. The molecule has 2 rings (SSSR count). The van der Waals surface area contributed by atoms with E-state index >= 15 is 0 Å². The zero-order chi connectivity index (χ0) is 14.7. The smallest absolute Gasteiger partial charge is 0.131 e. The van der Waals surface area contributed by atoms with E-state index in [1.54, 1.807) is 7.11 Å². The molecule has 0 saturated heterocycles. The van der Waals surface area contributed by atoms with E-state index < -0.39 is 0 Å². The van der Waals surface area contributed by atoms with Crippen molar-refractivity contribution in [3.05, 3.63) is 53.3 Å². The van der Waals surface area contributed by atoms with Gasteiger partial charge in [0, 0.05) is 17.2 Å². The van der Waals surface area contributed by atoms with Gasteiger partial charge in [0.1, 0.15) is 11.6 Å². The fourth-order valence-electron chi connectivity index (χ4n) is 2.22. The Morgan fingerprint density at radius 3 is 2.50 bits per heavy atom. The van der Waals surface area contributed by atoms with Crippen LogP contribution in [0.2, 0.25) is 0 Å². The van der Waals surface area contributed by atoms with Gasteiger partial charge in [-0.3, -0.25) is 0 Å². The molecule has 0 aromatic heterocycles. The van der Waals surface area contributed by atoms with Crippen LogP contribution in [0.25, 0.3) is 11.1 Å². The summed E-state index contributed by atoms with van der Waals surface area (Å²) in [6.45, 7) is 4.03. The first kappa shape index (κ1) is 14.5. The van der Waals surface area contributed by atoms with Gasteiger partial charge in [0.05, 0.1) is 7.11 Å². The highest BCUT2D eigenvalue weighted by Gasteiger charge is 2.13. The maximum Gasteiger partial charge on any atom is 0.131 e. The Morgan fingerprint density at radius 1 is 1.10 bits per heavy atom. The van der Waals surface area contributed by atoms with Crippen molar-refractivity contribution in [1.82, 2.24) is 5.32 Å². The normalized spacial score (nSPS) is 12.2. The average molecular weight is 273 g/mol. The third-order valence-electron chi connectivity index (χ3n) is 3.57. The molecule has 1 N–H and O–H groups in total. The minimum absolute atomic E-state index is 0.171. The van der Waals surface area contributed by atoms with Crippen LogP contribution in [-0.4, -0.2) is 14.2 Å². The first-order chi connectivity index (χ1) is 9.56. The van der Waals surface area contributed by atoms with Crippen LogP contribution in [0.5, 0.6) is 5.75 Å². The van der Waals surface area contributed by atoms with Crippen molar-refractivity contribution in [3.8, 4) is 16.9 Å². The number of ether oxygens (including phenoxy) is 1. The topological polar surface area (TPSA) is 21.3 Å². The van der Waals surface area contributed by atoms with Crippen molar-refractivity contribution in [2.75, 3.05) is 14.2 Å². The first-order valence-electron chi connectivity index (χ1n) is 6.68. The third kappa shape index (κ3) is 2.83. The molecular formula is C17H20FNO. The minimum Gasteiger partial charge on any atom is -0.496 e. The number of nitrogens with one attached hydrogen (secondary N) is 1. The zero-order valence-corrected chi connectivity index (χ0v) is 12.3. The summed E-state index contributed by atoms with van der Waals surface area (Å²) >= 11 is 0. The lowest BCUT2D eigenvalue weighted by Gasteiger charge is -2.15. The van der Waals surface area contributed by atoms with Crippen molar-refractivity contribution in [2.45, 2.75) is 19.9 Å². The number of hydrogen-bond acceptors (Lipinski definition) is 2. The largest absolute Gasteiger partial charge is 0.496 e. The average Bonchev–Trinajstić information content (AvgIpc) is 2.47. The van der Waals surface area contributed by atoms with E-state index in [2.05, 4.69) is 5.32 Å². The van der Waals surface area contributed by atoms with Crippen molar-refractivity contribution < 1.29 is 9.13 Å². The number of benzene rings is 2. The summed E-state index contributed by atoms with van der Waals surface area (Å²) in [4.78, 5) is 0. The quantitative estimate of drug-likeness (QED) is 0.906. The second kappa shape index (κ2) is 6.06. The zero-order valence-electron chi connectivity index (χ0n) is 12.3. The highest BCUT2D eigenvalue weighted by atomic mass is 19.1. The SMILES string of the molecule is CNC(C)c1ccc(F)c(-c2cc(C)ccc2OC)c1. The minimum atomic E-state index is -0.235. The summed E-state index contributed by atoms with van der Waals surface area (Å²) in [6.07, 6.45) is 0. The van der Waals surface area contributed by atoms with Gasteiger partial charge in [-0.15, -0.1) is 0 Å². The Kier molecular flexibility index (Phi) is 4.40. The van der Waals surface area contributed by atoms with Crippen LogP contribution in [0.1, 0.15) is 24.1 Å². The summed E-state index contributed by atoms with van der Waals surface area (Å²) in [5, 5.41) is 3.17. The second-order valence-corrected chi connectivity index (χ2v) is 4.95. The lowest BCUT2D eigenvalue weighted by atomic mass is 9.97. The number of methoxy groups -OCH3 is 1. The molecule has 0 aliphatic rings. The van der Waals surface area contributed by atoms with E-state index in [9.17, 15) is 4.39 Å². The van der Waals surface area contributed by atoms with E-state index in [0.717, 1.165) is 16.7 Å². The van der Waals surface area contributed by atoms with Crippen molar-refractivity contribution in [1.29, 1.82) is 0 Å². The lowest BCUT2D eigenvalue weighted by Crippen LogP contribution is -2.12. The molecule has 1 atom stereocenters. The Balaban J connectivity index is 2.59. The van der Waals surface area contributed by atoms with Crippen LogP contribution in [0, 0.1) is 12.7 Å². The van der Waals surface area contributed by atoms with Crippen molar-refractivity contribution in [2.24, 2.45) is 0 Å². The molecule has 0 spiro atoms. The van der Waals surface area contributed by atoms with Crippen LogP contribution in [-0.2, 0) is 0 Å². The fraction of sp³-hybridized carbons (Fsp3) is 0.294. The summed E-state index contributed by atoms with van der Waals surface area (Å²) in [6, 6.07) is 11.2. The molecule has 0 amide bonds. The van der Waals surface area contributed by atoms with Gasteiger partial charge in [-0.1, -0.05) is 17.7 Å². The molecule has 0 aliphatic carbocycles. The van der Waals surface area contributed by atoms with E-state index in [-0.39, 0.29) is 11.9 Å². The molecular weight excluding hydrogens is 253 g/mol. The van der Waals surface area contributed by atoms with Gasteiger partial charge in [-0.2, -0.15) is 0 Å². The molecule has 3 heteroatoms.